The van der Waals surface area contributed by atoms with E-state index in [1.54, 1.807) is 13.0 Å². The second kappa shape index (κ2) is 7.03. The van der Waals surface area contributed by atoms with Gasteiger partial charge in [0, 0.05) is 5.57 Å². The van der Waals surface area contributed by atoms with Gasteiger partial charge in [-0.25, -0.2) is 13.1 Å². The fourth-order valence-corrected chi connectivity index (χ4v) is 2.82. The maximum Gasteiger partial charge on any atom is 0.293 e. The molecule has 22 heavy (non-hydrogen) atoms. The van der Waals surface area contributed by atoms with E-state index < -0.39 is 31.4 Å². The van der Waals surface area contributed by atoms with Crippen LogP contribution in [0, 0.1) is 10.1 Å². The van der Waals surface area contributed by atoms with E-state index in [0.717, 1.165) is 12.1 Å². The van der Waals surface area contributed by atoms with Crippen molar-refractivity contribution in [2.45, 2.75) is 25.2 Å². The number of ether oxygens (including phenoxy) is 1. The van der Waals surface area contributed by atoms with Gasteiger partial charge in [-0.3, -0.25) is 14.9 Å². The zero-order valence-electron chi connectivity index (χ0n) is 12.3. The number of benzene rings is 1. The monoisotopic (exact) mass is 328 g/mol. The average molecular weight is 328 g/mol. The molecule has 0 aliphatic heterocycles. The zero-order chi connectivity index (χ0) is 16.9. The Morgan fingerprint density at radius 2 is 2.09 bits per heavy atom. The first-order chi connectivity index (χ1) is 10.2. The summed E-state index contributed by atoms with van der Waals surface area (Å²) in [7, 11) is -3.06. The number of sulfonamides is 1. The predicted molar refractivity (Wildman–Crippen MR) is 79.0 cm³/mol. The van der Waals surface area contributed by atoms with Crippen LogP contribution in [0.15, 0.2) is 34.7 Å². The summed E-state index contributed by atoms with van der Waals surface area (Å²) in [6.45, 7) is 3.25. The van der Waals surface area contributed by atoms with Gasteiger partial charge in [-0.05, 0) is 25.5 Å². The summed E-state index contributed by atoms with van der Waals surface area (Å²) < 4.78 is 31.0. The van der Waals surface area contributed by atoms with Crippen molar-refractivity contribution in [3.63, 3.8) is 0 Å². The largest absolute Gasteiger partial charge is 0.497 e. The summed E-state index contributed by atoms with van der Waals surface area (Å²) in [6.07, 6.45) is 2.11. The van der Waals surface area contributed by atoms with Crippen LogP contribution in [0.25, 0.3) is 0 Å². The lowest BCUT2D eigenvalue weighted by Crippen LogP contribution is -2.31. The fourth-order valence-electron chi connectivity index (χ4n) is 1.65. The van der Waals surface area contributed by atoms with Crippen LogP contribution < -0.4 is 9.46 Å². The molecule has 0 spiro atoms. The van der Waals surface area contributed by atoms with Crippen molar-refractivity contribution in [1.82, 2.24) is 4.72 Å². The predicted octanol–water partition coefficient (Wildman–Crippen LogP) is 1.76. The van der Waals surface area contributed by atoms with Gasteiger partial charge in [0.1, 0.15) is 5.75 Å². The Labute approximate surface area is 128 Å². The molecule has 0 unspecified atom stereocenters. The lowest BCUT2D eigenvalue weighted by molar-refractivity contribution is -0.387. The molecule has 8 nitrogen and oxygen atoms in total. The summed E-state index contributed by atoms with van der Waals surface area (Å²) >= 11 is 0. The Hall–Kier alpha value is -2.42. The van der Waals surface area contributed by atoms with Crippen LogP contribution in [0.1, 0.15) is 20.3 Å². The third-order valence-corrected chi connectivity index (χ3v) is 4.13. The van der Waals surface area contributed by atoms with E-state index in [9.17, 15) is 23.3 Å². The van der Waals surface area contributed by atoms with Crippen LogP contribution in [-0.2, 0) is 14.8 Å². The SMILES string of the molecule is CCC=C(C)C(=O)NS(=O)(=O)c1ccc(OC)cc1[N+](=O)[O-]. The number of methoxy groups -OCH3 is 1. The molecule has 0 aromatic heterocycles. The summed E-state index contributed by atoms with van der Waals surface area (Å²) in [5, 5.41) is 11.0. The summed E-state index contributed by atoms with van der Waals surface area (Å²) in [5.41, 5.74) is -0.459. The first kappa shape index (κ1) is 17.6. The Balaban J connectivity index is 3.26. The number of nitrogens with zero attached hydrogens (tertiary/aromatic N) is 1. The van der Waals surface area contributed by atoms with Crippen LogP contribution in [-0.4, -0.2) is 26.4 Å². The van der Waals surface area contributed by atoms with Crippen molar-refractivity contribution >= 4 is 21.6 Å². The molecule has 1 rings (SSSR count). The minimum Gasteiger partial charge on any atom is -0.497 e. The van der Waals surface area contributed by atoms with Gasteiger partial charge in [-0.15, -0.1) is 0 Å². The number of allylic oxidation sites excluding steroid dienone is 1. The van der Waals surface area contributed by atoms with Crippen LogP contribution >= 0.6 is 0 Å². The van der Waals surface area contributed by atoms with Gasteiger partial charge in [0.05, 0.1) is 18.1 Å². The molecule has 0 saturated heterocycles. The minimum absolute atomic E-state index is 0.138. The molecule has 0 saturated carbocycles. The summed E-state index contributed by atoms with van der Waals surface area (Å²) in [4.78, 5) is 21.3. The third kappa shape index (κ3) is 4.04. The molecule has 0 fully saturated rings. The molecule has 1 aromatic carbocycles. The molecule has 0 atom stereocenters. The van der Waals surface area contributed by atoms with E-state index in [0.29, 0.717) is 6.42 Å². The maximum atomic E-state index is 12.2. The second-order valence-electron chi connectivity index (χ2n) is 4.32. The molecule has 1 amide bonds. The average Bonchev–Trinajstić information content (AvgIpc) is 2.46. The van der Waals surface area contributed by atoms with Gasteiger partial charge in [0.15, 0.2) is 4.90 Å². The molecule has 9 heteroatoms. The van der Waals surface area contributed by atoms with E-state index >= 15 is 0 Å². The maximum absolute atomic E-state index is 12.2. The van der Waals surface area contributed by atoms with E-state index in [1.165, 1.54) is 20.1 Å². The Bertz CT molecular complexity index is 724. The lowest BCUT2D eigenvalue weighted by Gasteiger charge is -2.08. The molecular weight excluding hydrogens is 312 g/mol. The third-order valence-electron chi connectivity index (χ3n) is 2.75. The standard InChI is InChI=1S/C13H16N2O6S/c1-4-5-9(2)13(16)14-22(19,20)12-7-6-10(21-3)8-11(12)15(17)18/h5-8H,4H2,1-3H3,(H,14,16). The van der Waals surface area contributed by atoms with Crippen LogP contribution in [0.5, 0.6) is 5.75 Å². The Morgan fingerprint density at radius 1 is 1.45 bits per heavy atom. The normalized spacial score (nSPS) is 11.9. The van der Waals surface area contributed by atoms with E-state index in [-0.39, 0.29) is 11.3 Å². The molecule has 0 aliphatic carbocycles. The number of nitro groups is 1. The molecule has 0 heterocycles. The van der Waals surface area contributed by atoms with Gasteiger partial charge in [0.25, 0.3) is 21.6 Å². The second-order valence-corrected chi connectivity index (χ2v) is 5.97. The topological polar surface area (TPSA) is 116 Å². The van der Waals surface area contributed by atoms with Gasteiger partial charge >= 0.3 is 0 Å². The van der Waals surface area contributed by atoms with Crippen LogP contribution in [0.2, 0.25) is 0 Å². The van der Waals surface area contributed by atoms with Crippen molar-refractivity contribution in [2.75, 3.05) is 7.11 Å². The zero-order valence-corrected chi connectivity index (χ0v) is 13.1. The van der Waals surface area contributed by atoms with Crippen molar-refractivity contribution in [3.05, 3.63) is 40.0 Å². The van der Waals surface area contributed by atoms with E-state index in [1.807, 2.05) is 4.72 Å². The van der Waals surface area contributed by atoms with Crippen molar-refractivity contribution in [3.8, 4) is 5.75 Å². The van der Waals surface area contributed by atoms with E-state index in [4.69, 9.17) is 4.74 Å². The van der Waals surface area contributed by atoms with Crippen molar-refractivity contribution in [1.29, 1.82) is 0 Å². The summed E-state index contributed by atoms with van der Waals surface area (Å²) in [5.74, 6) is -0.689. The number of amides is 1. The molecule has 0 radical (unpaired) electrons. The number of nitro benzene ring substituents is 1. The highest BCUT2D eigenvalue weighted by molar-refractivity contribution is 7.90. The number of hydrogen-bond donors (Lipinski definition) is 1. The van der Waals surface area contributed by atoms with Gasteiger partial charge in [0.2, 0.25) is 0 Å². The quantitative estimate of drug-likeness (QED) is 0.483. The first-order valence-corrected chi connectivity index (χ1v) is 7.77. The number of rotatable bonds is 6. The molecule has 0 aliphatic rings. The van der Waals surface area contributed by atoms with E-state index in [2.05, 4.69) is 0 Å². The Kier molecular flexibility index (Phi) is 5.63. The smallest absolute Gasteiger partial charge is 0.293 e. The van der Waals surface area contributed by atoms with Crippen LogP contribution in [0.4, 0.5) is 5.69 Å². The molecule has 0 bridgehead atoms. The minimum atomic E-state index is -4.36. The molecule has 120 valence electrons. The Morgan fingerprint density at radius 3 is 2.59 bits per heavy atom. The number of carbonyl (C=O) groups is 1. The number of nitrogens with one attached hydrogen (secondary N) is 1. The van der Waals surface area contributed by atoms with Crippen LogP contribution in [0.3, 0.4) is 0 Å². The lowest BCUT2D eigenvalue weighted by atomic mass is 10.2. The highest BCUT2D eigenvalue weighted by atomic mass is 32.2. The fraction of sp³-hybridized carbons (Fsp3) is 0.308. The van der Waals surface area contributed by atoms with Gasteiger partial charge in [-0.1, -0.05) is 13.0 Å². The highest BCUT2D eigenvalue weighted by Crippen LogP contribution is 2.28. The molecule has 1 aromatic rings. The van der Waals surface area contributed by atoms with Gasteiger partial charge in [-0.2, -0.15) is 0 Å². The molecular formula is C13H16N2O6S. The summed E-state index contributed by atoms with van der Waals surface area (Å²) in [6, 6.07) is 3.26. The molecule has 1 N–H and O–H groups in total. The number of carbonyl (C=O) groups excluding carboxylic acids is 1. The number of hydrogen-bond acceptors (Lipinski definition) is 6. The first-order valence-electron chi connectivity index (χ1n) is 6.29. The highest BCUT2D eigenvalue weighted by Gasteiger charge is 2.28. The van der Waals surface area contributed by atoms with Crippen molar-refractivity contribution in [2.24, 2.45) is 0 Å². The van der Waals surface area contributed by atoms with Gasteiger partial charge < -0.3 is 4.74 Å². The van der Waals surface area contributed by atoms with Crippen molar-refractivity contribution < 1.29 is 22.9 Å².